The summed E-state index contributed by atoms with van der Waals surface area (Å²) in [6.45, 7) is 1.19. The van der Waals surface area contributed by atoms with Crippen LogP contribution in [0.4, 0.5) is 5.69 Å². The number of nitro groups is 1. The molecule has 0 aliphatic carbocycles. The molecule has 20 heavy (non-hydrogen) atoms. The van der Waals surface area contributed by atoms with Crippen LogP contribution < -0.4 is 11.2 Å². The molecule has 0 radical (unpaired) electrons. The number of methoxy groups -OCH3 is 1. The standard InChI is InChI=1S/C11H13N3O6/c1-7(10(16)20-3)4-5-13-9(15)8(14(18)19)6-12(2)11(13)17/h4,6H,5H2,1-3H3. The molecule has 0 aliphatic heterocycles. The van der Waals surface area contributed by atoms with Gasteiger partial charge in [-0.3, -0.25) is 24.0 Å². The average molecular weight is 283 g/mol. The van der Waals surface area contributed by atoms with Crippen LogP contribution in [0.2, 0.25) is 0 Å². The number of allylic oxidation sites excluding steroid dienone is 1. The van der Waals surface area contributed by atoms with Gasteiger partial charge in [-0.1, -0.05) is 6.08 Å². The first-order valence-electron chi connectivity index (χ1n) is 5.49. The van der Waals surface area contributed by atoms with E-state index in [4.69, 9.17) is 0 Å². The second-order valence-corrected chi connectivity index (χ2v) is 3.96. The second-order valence-electron chi connectivity index (χ2n) is 3.96. The summed E-state index contributed by atoms with van der Waals surface area (Å²) in [6.07, 6.45) is 2.15. The van der Waals surface area contributed by atoms with Crippen molar-refractivity contribution in [2.45, 2.75) is 13.5 Å². The molecular weight excluding hydrogens is 270 g/mol. The molecule has 1 aromatic rings. The first-order valence-corrected chi connectivity index (χ1v) is 5.49. The minimum atomic E-state index is -1.02. The molecule has 0 unspecified atom stereocenters. The van der Waals surface area contributed by atoms with Crippen LogP contribution in [-0.2, 0) is 23.1 Å². The van der Waals surface area contributed by atoms with Crippen molar-refractivity contribution >= 4 is 11.7 Å². The van der Waals surface area contributed by atoms with Gasteiger partial charge >= 0.3 is 22.9 Å². The Morgan fingerprint density at radius 2 is 2.10 bits per heavy atom. The highest BCUT2D eigenvalue weighted by atomic mass is 16.6. The van der Waals surface area contributed by atoms with Crippen LogP contribution in [0.15, 0.2) is 27.4 Å². The van der Waals surface area contributed by atoms with Crippen molar-refractivity contribution in [2.24, 2.45) is 7.05 Å². The topological polar surface area (TPSA) is 113 Å². The van der Waals surface area contributed by atoms with Crippen molar-refractivity contribution in [1.29, 1.82) is 0 Å². The maximum absolute atomic E-state index is 11.8. The molecule has 108 valence electrons. The number of aryl methyl sites for hydroxylation is 1. The van der Waals surface area contributed by atoms with Crippen LogP contribution in [0.25, 0.3) is 0 Å². The molecule has 0 spiro atoms. The molecule has 0 aliphatic rings. The number of carbonyl (C=O) groups excluding carboxylic acids is 1. The van der Waals surface area contributed by atoms with Gasteiger partial charge in [0.1, 0.15) is 0 Å². The minimum Gasteiger partial charge on any atom is -0.466 e. The predicted molar refractivity (Wildman–Crippen MR) is 68.4 cm³/mol. The summed E-state index contributed by atoms with van der Waals surface area (Å²) >= 11 is 0. The third-order valence-corrected chi connectivity index (χ3v) is 2.60. The van der Waals surface area contributed by atoms with E-state index in [0.717, 1.165) is 10.8 Å². The molecule has 1 heterocycles. The molecule has 1 aromatic heterocycles. The summed E-state index contributed by atoms with van der Waals surface area (Å²) in [5.74, 6) is -0.611. The van der Waals surface area contributed by atoms with Crippen molar-refractivity contribution in [1.82, 2.24) is 9.13 Å². The minimum absolute atomic E-state index is 0.188. The molecule has 0 N–H and O–H groups in total. The van der Waals surface area contributed by atoms with Crippen LogP contribution in [0.3, 0.4) is 0 Å². The third-order valence-electron chi connectivity index (χ3n) is 2.60. The Bertz CT molecular complexity index is 697. The van der Waals surface area contributed by atoms with Crippen LogP contribution in [0.1, 0.15) is 6.92 Å². The van der Waals surface area contributed by atoms with E-state index in [2.05, 4.69) is 4.74 Å². The van der Waals surface area contributed by atoms with E-state index in [-0.39, 0.29) is 12.1 Å². The van der Waals surface area contributed by atoms with Gasteiger partial charge in [0, 0.05) is 19.2 Å². The summed E-state index contributed by atoms with van der Waals surface area (Å²) in [6, 6.07) is 0. The molecule has 9 heteroatoms. The Morgan fingerprint density at radius 1 is 1.50 bits per heavy atom. The molecule has 1 rings (SSSR count). The molecule has 0 atom stereocenters. The zero-order chi connectivity index (χ0) is 15.4. The molecule has 0 fully saturated rings. The second kappa shape index (κ2) is 5.95. The normalized spacial score (nSPS) is 11.2. The van der Waals surface area contributed by atoms with Gasteiger partial charge in [-0.05, 0) is 6.92 Å². The first kappa shape index (κ1) is 15.3. The van der Waals surface area contributed by atoms with Gasteiger partial charge in [-0.25, -0.2) is 9.59 Å². The van der Waals surface area contributed by atoms with Crippen molar-refractivity contribution in [3.63, 3.8) is 0 Å². The van der Waals surface area contributed by atoms with Gasteiger partial charge in [-0.15, -0.1) is 0 Å². The van der Waals surface area contributed by atoms with E-state index in [0.29, 0.717) is 4.57 Å². The van der Waals surface area contributed by atoms with Crippen LogP contribution in [0.5, 0.6) is 0 Å². The Morgan fingerprint density at radius 3 is 2.60 bits per heavy atom. The maximum Gasteiger partial charge on any atom is 0.350 e. The quantitative estimate of drug-likeness (QED) is 0.321. The highest BCUT2D eigenvalue weighted by Crippen LogP contribution is 2.00. The Kier molecular flexibility index (Phi) is 4.57. The molecule has 0 aromatic carbocycles. The van der Waals surface area contributed by atoms with E-state index < -0.39 is 27.8 Å². The molecule has 0 saturated carbocycles. The van der Waals surface area contributed by atoms with Gasteiger partial charge in [0.2, 0.25) is 0 Å². The number of aromatic nitrogens is 2. The summed E-state index contributed by atoms with van der Waals surface area (Å²) in [4.78, 5) is 44.6. The van der Waals surface area contributed by atoms with Crippen LogP contribution in [-0.4, -0.2) is 27.1 Å². The van der Waals surface area contributed by atoms with Gasteiger partial charge in [0.05, 0.1) is 18.2 Å². The van der Waals surface area contributed by atoms with Crippen molar-refractivity contribution in [3.05, 3.63) is 48.8 Å². The van der Waals surface area contributed by atoms with Gasteiger partial charge < -0.3 is 4.74 Å². The monoisotopic (exact) mass is 283 g/mol. The fourth-order valence-corrected chi connectivity index (χ4v) is 1.47. The number of esters is 1. The zero-order valence-electron chi connectivity index (χ0n) is 11.2. The highest BCUT2D eigenvalue weighted by Gasteiger charge is 2.18. The lowest BCUT2D eigenvalue weighted by atomic mass is 10.3. The molecule has 0 bridgehead atoms. The van der Waals surface area contributed by atoms with E-state index in [1.165, 1.54) is 27.2 Å². The number of carbonyl (C=O) groups is 1. The maximum atomic E-state index is 11.8. The number of rotatable bonds is 4. The number of hydrogen-bond donors (Lipinski definition) is 0. The smallest absolute Gasteiger partial charge is 0.350 e. The highest BCUT2D eigenvalue weighted by molar-refractivity contribution is 5.87. The number of hydrogen-bond acceptors (Lipinski definition) is 6. The number of nitrogens with zero attached hydrogens (tertiary/aromatic N) is 3. The van der Waals surface area contributed by atoms with Gasteiger partial charge in [0.15, 0.2) is 0 Å². The lowest BCUT2D eigenvalue weighted by Crippen LogP contribution is -2.39. The average Bonchev–Trinajstić information content (AvgIpc) is 2.41. The Labute approximate surface area is 112 Å². The Balaban J connectivity index is 3.33. The van der Waals surface area contributed by atoms with E-state index >= 15 is 0 Å². The fraction of sp³-hybridized carbons (Fsp3) is 0.364. The van der Waals surface area contributed by atoms with E-state index in [1.807, 2.05) is 0 Å². The lowest BCUT2D eigenvalue weighted by molar-refractivity contribution is -0.387. The zero-order valence-corrected chi connectivity index (χ0v) is 11.2. The van der Waals surface area contributed by atoms with Crippen molar-refractivity contribution < 1.29 is 14.5 Å². The predicted octanol–water partition coefficient (Wildman–Crippen LogP) is -0.426. The first-order chi connectivity index (χ1) is 9.29. The SMILES string of the molecule is COC(=O)C(C)=CCn1c(=O)c([N+](=O)[O-])cn(C)c1=O. The van der Waals surface area contributed by atoms with Crippen LogP contribution >= 0.6 is 0 Å². The van der Waals surface area contributed by atoms with Crippen molar-refractivity contribution in [2.75, 3.05) is 7.11 Å². The van der Waals surface area contributed by atoms with Crippen LogP contribution in [0, 0.1) is 10.1 Å². The lowest BCUT2D eigenvalue weighted by Gasteiger charge is -2.05. The Hall–Kier alpha value is -2.71. The van der Waals surface area contributed by atoms with E-state index in [1.54, 1.807) is 0 Å². The molecule has 0 saturated heterocycles. The fourth-order valence-electron chi connectivity index (χ4n) is 1.47. The van der Waals surface area contributed by atoms with E-state index in [9.17, 15) is 24.5 Å². The molecular formula is C11H13N3O6. The van der Waals surface area contributed by atoms with Gasteiger partial charge in [-0.2, -0.15) is 0 Å². The summed E-state index contributed by atoms with van der Waals surface area (Å²) in [7, 11) is 2.49. The van der Waals surface area contributed by atoms with Gasteiger partial charge in [0.25, 0.3) is 0 Å². The summed E-state index contributed by atoms with van der Waals surface area (Å²) in [5.41, 5.74) is -2.26. The molecule has 0 amide bonds. The largest absolute Gasteiger partial charge is 0.466 e. The summed E-state index contributed by atoms with van der Waals surface area (Å²) < 4.78 is 6.06. The van der Waals surface area contributed by atoms with Crippen molar-refractivity contribution in [3.8, 4) is 0 Å². The summed E-state index contributed by atoms with van der Waals surface area (Å²) in [5, 5.41) is 10.7. The number of ether oxygens (including phenoxy) is 1. The molecule has 9 nitrogen and oxygen atoms in total. The third kappa shape index (κ3) is 2.99.